The van der Waals surface area contributed by atoms with Crippen molar-refractivity contribution in [3.8, 4) is 5.75 Å². The Morgan fingerprint density at radius 3 is 3.07 bits per heavy atom. The van der Waals surface area contributed by atoms with Gasteiger partial charge in [0, 0.05) is 23.9 Å². The van der Waals surface area contributed by atoms with Gasteiger partial charge in [-0.05, 0) is 6.42 Å². The van der Waals surface area contributed by atoms with E-state index in [9.17, 15) is 4.79 Å². The first-order valence-corrected chi connectivity index (χ1v) is 5.66. The number of ether oxygens (including phenoxy) is 1. The summed E-state index contributed by atoms with van der Waals surface area (Å²) in [6.45, 7) is 0.614. The highest BCUT2D eigenvalue weighted by Gasteiger charge is 2.07. The van der Waals surface area contributed by atoms with Crippen LogP contribution in [-0.4, -0.2) is 25.4 Å². The lowest BCUT2D eigenvalue weighted by molar-refractivity contribution is 0.0957. The topological polar surface area (TPSA) is 38.3 Å². The summed E-state index contributed by atoms with van der Waals surface area (Å²) in [5.74, 6) is 1.22. The van der Waals surface area contributed by atoms with E-state index in [2.05, 4.69) is 5.32 Å². The molecule has 0 fully saturated rings. The molecule has 0 aliphatic heterocycles. The fourth-order valence-corrected chi connectivity index (χ4v) is 1.81. The number of carbonyl (C=O) groups is 1. The maximum Gasteiger partial charge on any atom is 0.261 e. The van der Waals surface area contributed by atoms with Crippen molar-refractivity contribution in [3.63, 3.8) is 0 Å². The molecule has 0 unspecified atom stereocenters. The highest BCUT2D eigenvalue weighted by Crippen LogP contribution is 2.20. The van der Waals surface area contributed by atoms with E-state index in [1.165, 1.54) is 11.3 Å². The number of nitrogens with one attached hydrogen (secondary N) is 1. The zero-order valence-corrected chi connectivity index (χ0v) is 9.45. The zero-order chi connectivity index (χ0) is 10.4. The molecule has 0 aromatic carbocycles. The van der Waals surface area contributed by atoms with Crippen LogP contribution in [0, 0.1) is 0 Å². The van der Waals surface area contributed by atoms with Gasteiger partial charge in [0.1, 0.15) is 5.75 Å². The van der Waals surface area contributed by atoms with Crippen LogP contribution in [0.25, 0.3) is 0 Å². The van der Waals surface area contributed by atoms with E-state index in [-0.39, 0.29) is 5.91 Å². The molecule has 1 amide bonds. The van der Waals surface area contributed by atoms with Crippen molar-refractivity contribution in [1.29, 1.82) is 0 Å². The molecule has 0 aliphatic rings. The van der Waals surface area contributed by atoms with Gasteiger partial charge in [0.25, 0.3) is 5.91 Å². The zero-order valence-electron chi connectivity index (χ0n) is 7.88. The average molecular weight is 234 g/mol. The molecule has 3 nitrogen and oxygen atoms in total. The van der Waals surface area contributed by atoms with Crippen molar-refractivity contribution >= 4 is 28.8 Å². The van der Waals surface area contributed by atoms with Crippen LogP contribution in [0.1, 0.15) is 16.1 Å². The minimum Gasteiger partial charge on any atom is -0.496 e. The van der Waals surface area contributed by atoms with Crippen LogP contribution in [0.15, 0.2) is 11.4 Å². The van der Waals surface area contributed by atoms with Crippen molar-refractivity contribution in [3.05, 3.63) is 16.3 Å². The van der Waals surface area contributed by atoms with Crippen LogP contribution in [0.3, 0.4) is 0 Å². The predicted molar refractivity (Wildman–Crippen MR) is 58.5 cm³/mol. The van der Waals surface area contributed by atoms with Crippen LogP contribution in [0.2, 0.25) is 0 Å². The molecule has 0 spiro atoms. The summed E-state index contributed by atoms with van der Waals surface area (Å²) >= 11 is 6.86. The lowest BCUT2D eigenvalue weighted by Crippen LogP contribution is -2.23. The summed E-state index contributed by atoms with van der Waals surface area (Å²) < 4.78 is 4.98. The Bertz CT molecular complexity index is 301. The first-order valence-electron chi connectivity index (χ1n) is 4.24. The fraction of sp³-hybridized carbons (Fsp3) is 0.444. The van der Waals surface area contributed by atoms with E-state index in [4.69, 9.17) is 16.3 Å². The molecule has 1 aromatic heterocycles. The molecule has 0 bridgehead atoms. The third kappa shape index (κ3) is 3.20. The smallest absolute Gasteiger partial charge is 0.261 e. The second-order valence-electron chi connectivity index (χ2n) is 2.65. The van der Waals surface area contributed by atoms with Crippen LogP contribution in [0.5, 0.6) is 5.75 Å². The van der Waals surface area contributed by atoms with E-state index in [1.54, 1.807) is 18.6 Å². The van der Waals surface area contributed by atoms with Gasteiger partial charge >= 0.3 is 0 Å². The summed E-state index contributed by atoms with van der Waals surface area (Å²) in [6, 6.07) is 1.72. The largest absolute Gasteiger partial charge is 0.496 e. The number of hydrogen-bond donors (Lipinski definition) is 1. The van der Waals surface area contributed by atoms with Crippen LogP contribution in [-0.2, 0) is 0 Å². The van der Waals surface area contributed by atoms with Gasteiger partial charge in [-0.2, -0.15) is 0 Å². The Hall–Kier alpha value is -0.740. The molecule has 0 aliphatic carbocycles. The van der Waals surface area contributed by atoms with E-state index in [0.717, 1.165) is 12.2 Å². The molecule has 5 heteroatoms. The van der Waals surface area contributed by atoms with Crippen LogP contribution >= 0.6 is 22.9 Å². The minimum absolute atomic E-state index is 0.0663. The third-order valence-electron chi connectivity index (χ3n) is 1.63. The van der Waals surface area contributed by atoms with Crippen LogP contribution < -0.4 is 10.1 Å². The number of methoxy groups -OCH3 is 1. The fourth-order valence-electron chi connectivity index (χ4n) is 0.901. The van der Waals surface area contributed by atoms with Gasteiger partial charge in [0.05, 0.1) is 12.0 Å². The molecule has 1 heterocycles. The summed E-state index contributed by atoms with van der Waals surface area (Å²) in [4.78, 5) is 12.1. The molecule has 14 heavy (non-hydrogen) atoms. The highest BCUT2D eigenvalue weighted by molar-refractivity contribution is 7.12. The Balaban J connectivity index is 2.44. The van der Waals surface area contributed by atoms with E-state index in [0.29, 0.717) is 17.3 Å². The molecule has 1 N–H and O–H groups in total. The number of alkyl halides is 1. The minimum atomic E-state index is -0.0663. The van der Waals surface area contributed by atoms with Crippen molar-refractivity contribution in [2.75, 3.05) is 19.5 Å². The quantitative estimate of drug-likeness (QED) is 0.625. The number of rotatable bonds is 5. The van der Waals surface area contributed by atoms with Crippen molar-refractivity contribution in [2.24, 2.45) is 0 Å². The maximum atomic E-state index is 11.4. The van der Waals surface area contributed by atoms with Crippen molar-refractivity contribution in [1.82, 2.24) is 5.32 Å². The summed E-state index contributed by atoms with van der Waals surface area (Å²) in [5.41, 5.74) is 0. The van der Waals surface area contributed by atoms with Gasteiger partial charge in [-0.15, -0.1) is 22.9 Å². The number of halogens is 1. The van der Waals surface area contributed by atoms with Gasteiger partial charge in [0.15, 0.2) is 0 Å². The molecule has 1 aromatic rings. The Labute approximate surface area is 92.0 Å². The van der Waals surface area contributed by atoms with Gasteiger partial charge in [0.2, 0.25) is 0 Å². The lowest BCUT2D eigenvalue weighted by Gasteiger charge is -2.00. The Morgan fingerprint density at radius 1 is 1.71 bits per heavy atom. The maximum absolute atomic E-state index is 11.4. The van der Waals surface area contributed by atoms with Crippen LogP contribution in [0.4, 0.5) is 0 Å². The first kappa shape index (κ1) is 11.3. The number of amides is 1. The monoisotopic (exact) mass is 233 g/mol. The normalized spacial score (nSPS) is 9.86. The molecular formula is C9H12ClNO2S. The Kier molecular flexibility index (Phi) is 4.76. The second kappa shape index (κ2) is 5.88. The number of carbonyl (C=O) groups excluding carboxylic acids is 1. The molecular weight excluding hydrogens is 222 g/mol. The van der Waals surface area contributed by atoms with Crippen molar-refractivity contribution < 1.29 is 9.53 Å². The summed E-state index contributed by atoms with van der Waals surface area (Å²) in [7, 11) is 1.58. The summed E-state index contributed by atoms with van der Waals surface area (Å²) in [6.07, 6.45) is 0.788. The number of hydrogen-bond acceptors (Lipinski definition) is 3. The number of thiophene rings is 1. The van der Waals surface area contributed by atoms with Gasteiger partial charge < -0.3 is 10.1 Å². The molecule has 0 saturated carbocycles. The molecule has 0 radical (unpaired) electrons. The second-order valence-corrected chi connectivity index (χ2v) is 3.94. The SMILES string of the molecule is COc1csc(C(=O)NCCCCl)c1. The van der Waals surface area contributed by atoms with Gasteiger partial charge in [-0.1, -0.05) is 0 Å². The Morgan fingerprint density at radius 2 is 2.50 bits per heavy atom. The van der Waals surface area contributed by atoms with Gasteiger partial charge in [-0.3, -0.25) is 4.79 Å². The highest BCUT2D eigenvalue weighted by atomic mass is 35.5. The third-order valence-corrected chi connectivity index (χ3v) is 2.81. The average Bonchev–Trinajstić information content (AvgIpc) is 2.66. The van der Waals surface area contributed by atoms with E-state index in [1.807, 2.05) is 0 Å². The first-order chi connectivity index (χ1) is 6.77. The molecule has 0 saturated heterocycles. The molecule has 78 valence electrons. The predicted octanol–water partition coefficient (Wildman–Crippen LogP) is 2.12. The standard InChI is InChI=1S/C9H12ClNO2S/c1-13-7-5-8(14-6-7)9(12)11-4-2-3-10/h5-6H,2-4H2,1H3,(H,11,12). The lowest BCUT2D eigenvalue weighted by atomic mass is 10.4. The van der Waals surface area contributed by atoms with Crippen molar-refractivity contribution in [2.45, 2.75) is 6.42 Å². The van der Waals surface area contributed by atoms with Gasteiger partial charge in [-0.25, -0.2) is 0 Å². The molecule has 1 rings (SSSR count). The van der Waals surface area contributed by atoms with E-state index < -0.39 is 0 Å². The molecule has 0 atom stereocenters. The van der Waals surface area contributed by atoms with E-state index >= 15 is 0 Å². The summed E-state index contributed by atoms with van der Waals surface area (Å²) in [5, 5.41) is 4.57.